The van der Waals surface area contributed by atoms with Crippen molar-refractivity contribution < 1.29 is 8.42 Å². The summed E-state index contributed by atoms with van der Waals surface area (Å²) >= 11 is 13.3. The molecule has 0 unspecified atom stereocenters. The highest BCUT2D eigenvalue weighted by Crippen LogP contribution is 2.29. The predicted octanol–water partition coefficient (Wildman–Crippen LogP) is 3.81. The molecular weight excluding hydrogens is 353 g/mol. The van der Waals surface area contributed by atoms with Crippen LogP contribution in [0.4, 0.5) is 5.69 Å². The third-order valence-electron chi connectivity index (χ3n) is 2.80. The molecule has 110 valence electrons. The molecule has 2 heterocycles. The van der Waals surface area contributed by atoms with E-state index in [1.807, 2.05) is 6.92 Å². The summed E-state index contributed by atoms with van der Waals surface area (Å²) in [7, 11) is -3.89. The molecule has 0 aliphatic heterocycles. The lowest BCUT2D eigenvalue weighted by Gasteiger charge is -2.09. The molecule has 5 nitrogen and oxygen atoms in total. The van der Waals surface area contributed by atoms with Crippen LogP contribution in [0.2, 0.25) is 10.2 Å². The van der Waals surface area contributed by atoms with Crippen molar-refractivity contribution in [3.8, 4) is 0 Å². The van der Waals surface area contributed by atoms with Gasteiger partial charge in [0.25, 0.3) is 10.0 Å². The number of aromatic nitrogens is 2. The summed E-state index contributed by atoms with van der Waals surface area (Å²) in [6.45, 7) is 1.87. The highest BCUT2D eigenvalue weighted by molar-refractivity contribution is 7.92. The normalized spacial score (nSPS) is 12.0. The fraction of sp³-hybridized carbons (Fsp3) is 0.0833. The number of nitrogens with one attached hydrogen (secondary N) is 1. The summed E-state index contributed by atoms with van der Waals surface area (Å²) in [5.74, 6) is 0. The molecule has 21 heavy (non-hydrogen) atoms. The number of hydrogen-bond donors (Lipinski definition) is 1. The van der Waals surface area contributed by atoms with E-state index in [1.165, 1.54) is 15.7 Å². The maximum atomic E-state index is 12.5. The number of fused-ring (bicyclic) bond motifs is 1. The second kappa shape index (κ2) is 5.17. The van der Waals surface area contributed by atoms with E-state index in [4.69, 9.17) is 23.2 Å². The van der Waals surface area contributed by atoms with Crippen LogP contribution in [0.3, 0.4) is 0 Å². The van der Waals surface area contributed by atoms with Gasteiger partial charge in [0.15, 0.2) is 15.1 Å². The Balaban J connectivity index is 2.08. The quantitative estimate of drug-likeness (QED) is 0.771. The standard InChI is InChI=1S/C12H9Cl2N3O2S2/c1-7-2-3-9(8(13)6-7)16-21(18,19)11-10(14)15-12-17(11)4-5-20-12/h2-6,16H,1H3. The summed E-state index contributed by atoms with van der Waals surface area (Å²) in [5.41, 5.74) is 1.23. The SMILES string of the molecule is Cc1ccc(NS(=O)(=O)c2c(Cl)nc3sccn23)c(Cl)c1. The van der Waals surface area contributed by atoms with Crippen LogP contribution in [-0.2, 0) is 10.0 Å². The molecule has 0 radical (unpaired) electrons. The number of aryl methyl sites for hydroxylation is 1. The lowest BCUT2D eigenvalue weighted by molar-refractivity contribution is 0.596. The molecule has 0 aliphatic carbocycles. The molecule has 2 aromatic heterocycles. The van der Waals surface area contributed by atoms with E-state index >= 15 is 0 Å². The van der Waals surface area contributed by atoms with Crippen molar-refractivity contribution in [1.82, 2.24) is 9.38 Å². The Labute approximate surface area is 135 Å². The van der Waals surface area contributed by atoms with Crippen LogP contribution in [0.25, 0.3) is 4.96 Å². The van der Waals surface area contributed by atoms with E-state index in [1.54, 1.807) is 29.8 Å². The van der Waals surface area contributed by atoms with Gasteiger partial charge in [-0.1, -0.05) is 29.3 Å². The molecule has 3 aromatic rings. The van der Waals surface area contributed by atoms with Crippen LogP contribution in [-0.4, -0.2) is 17.8 Å². The van der Waals surface area contributed by atoms with Crippen molar-refractivity contribution in [2.24, 2.45) is 0 Å². The first-order valence-electron chi connectivity index (χ1n) is 5.78. The Hall–Kier alpha value is -1.28. The first-order valence-corrected chi connectivity index (χ1v) is 8.90. The molecule has 0 aliphatic rings. The van der Waals surface area contributed by atoms with Crippen LogP contribution < -0.4 is 4.72 Å². The minimum atomic E-state index is -3.89. The van der Waals surface area contributed by atoms with E-state index in [0.29, 0.717) is 15.7 Å². The molecule has 1 N–H and O–H groups in total. The Kier molecular flexibility index (Phi) is 3.61. The Morgan fingerprint density at radius 3 is 2.81 bits per heavy atom. The van der Waals surface area contributed by atoms with Gasteiger partial charge in [-0.25, -0.2) is 4.98 Å². The van der Waals surface area contributed by atoms with E-state index in [0.717, 1.165) is 5.56 Å². The van der Waals surface area contributed by atoms with Gasteiger partial charge >= 0.3 is 0 Å². The highest BCUT2D eigenvalue weighted by Gasteiger charge is 2.25. The third kappa shape index (κ3) is 2.62. The van der Waals surface area contributed by atoms with Gasteiger partial charge in [0.05, 0.1) is 10.7 Å². The van der Waals surface area contributed by atoms with Gasteiger partial charge in [-0.3, -0.25) is 9.12 Å². The number of thiazole rings is 1. The van der Waals surface area contributed by atoms with E-state index in [9.17, 15) is 8.42 Å². The summed E-state index contributed by atoms with van der Waals surface area (Å²) in [5, 5.41) is 1.88. The molecule has 0 saturated carbocycles. The summed E-state index contributed by atoms with van der Waals surface area (Å²) in [6.07, 6.45) is 1.60. The van der Waals surface area contributed by atoms with Gasteiger partial charge in [-0.15, -0.1) is 11.3 Å². The molecule has 9 heteroatoms. The number of imidazole rings is 1. The molecule has 0 atom stereocenters. The van der Waals surface area contributed by atoms with Gasteiger partial charge in [0.2, 0.25) is 0 Å². The van der Waals surface area contributed by atoms with Crippen molar-refractivity contribution >= 4 is 55.2 Å². The van der Waals surface area contributed by atoms with Gasteiger partial charge in [0, 0.05) is 11.6 Å². The number of benzene rings is 1. The average Bonchev–Trinajstić information content (AvgIpc) is 2.91. The maximum Gasteiger partial charge on any atom is 0.281 e. The topological polar surface area (TPSA) is 63.5 Å². The van der Waals surface area contributed by atoms with Crippen LogP contribution in [0.1, 0.15) is 5.56 Å². The van der Waals surface area contributed by atoms with Crippen molar-refractivity contribution in [1.29, 1.82) is 0 Å². The maximum absolute atomic E-state index is 12.5. The number of nitrogens with zero attached hydrogens (tertiary/aromatic N) is 2. The zero-order chi connectivity index (χ0) is 15.2. The van der Waals surface area contributed by atoms with Crippen molar-refractivity contribution in [3.05, 3.63) is 45.5 Å². The van der Waals surface area contributed by atoms with E-state index < -0.39 is 10.0 Å². The van der Waals surface area contributed by atoms with Gasteiger partial charge in [0.1, 0.15) is 0 Å². The fourth-order valence-corrected chi connectivity index (χ4v) is 4.75. The minimum Gasteiger partial charge on any atom is -0.278 e. The summed E-state index contributed by atoms with van der Waals surface area (Å²) in [6, 6.07) is 5.05. The molecule has 0 bridgehead atoms. The molecule has 3 rings (SSSR count). The second-order valence-corrected chi connectivity index (χ2v) is 7.59. The largest absolute Gasteiger partial charge is 0.281 e. The van der Waals surface area contributed by atoms with Crippen LogP contribution in [0, 0.1) is 6.92 Å². The molecule has 1 aromatic carbocycles. The van der Waals surface area contributed by atoms with E-state index in [2.05, 4.69) is 9.71 Å². The summed E-state index contributed by atoms with van der Waals surface area (Å²) in [4.78, 5) is 4.52. The van der Waals surface area contributed by atoms with Crippen LogP contribution in [0.15, 0.2) is 34.8 Å². The molecular formula is C12H9Cl2N3O2S2. The van der Waals surface area contributed by atoms with Crippen molar-refractivity contribution in [2.75, 3.05) is 4.72 Å². The van der Waals surface area contributed by atoms with Crippen LogP contribution >= 0.6 is 34.5 Å². The molecule has 0 fully saturated rings. The Bertz CT molecular complexity index is 931. The zero-order valence-corrected chi connectivity index (χ0v) is 13.8. The molecule has 0 spiro atoms. The average molecular weight is 362 g/mol. The number of hydrogen-bond acceptors (Lipinski definition) is 4. The first-order chi connectivity index (χ1) is 9.88. The van der Waals surface area contributed by atoms with Crippen molar-refractivity contribution in [3.63, 3.8) is 0 Å². The lowest BCUT2D eigenvalue weighted by atomic mass is 10.2. The second-order valence-electron chi connectivity index (χ2n) is 4.35. The fourth-order valence-electron chi connectivity index (χ4n) is 1.88. The highest BCUT2D eigenvalue weighted by atomic mass is 35.5. The molecule has 0 amide bonds. The third-order valence-corrected chi connectivity index (χ3v) is 5.63. The zero-order valence-electron chi connectivity index (χ0n) is 10.7. The van der Waals surface area contributed by atoms with Gasteiger partial charge in [-0.05, 0) is 24.6 Å². The van der Waals surface area contributed by atoms with Gasteiger partial charge in [-0.2, -0.15) is 8.42 Å². The molecule has 0 saturated heterocycles. The Morgan fingerprint density at radius 2 is 2.10 bits per heavy atom. The smallest absolute Gasteiger partial charge is 0.278 e. The van der Waals surface area contributed by atoms with E-state index in [-0.39, 0.29) is 10.2 Å². The number of rotatable bonds is 3. The predicted molar refractivity (Wildman–Crippen MR) is 85.1 cm³/mol. The first kappa shape index (κ1) is 14.6. The minimum absolute atomic E-state index is 0.0717. The number of sulfonamides is 1. The number of halogens is 2. The van der Waals surface area contributed by atoms with Crippen molar-refractivity contribution in [2.45, 2.75) is 11.9 Å². The van der Waals surface area contributed by atoms with Gasteiger partial charge < -0.3 is 0 Å². The van der Waals surface area contributed by atoms with Crippen LogP contribution in [0.5, 0.6) is 0 Å². The monoisotopic (exact) mass is 361 g/mol. The Morgan fingerprint density at radius 1 is 1.33 bits per heavy atom. The summed E-state index contributed by atoms with van der Waals surface area (Å²) < 4.78 is 28.9. The number of anilines is 1. The lowest BCUT2D eigenvalue weighted by Crippen LogP contribution is -2.15.